The lowest BCUT2D eigenvalue weighted by molar-refractivity contribution is -0.151. The van der Waals surface area contributed by atoms with Crippen LogP contribution in [0.4, 0.5) is 8.78 Å². The van der Waals surface area contributed by atoms with Crippen molar-refractivity contribution in [1.82, 2.24) is 0 Å². The SMILES string of the molecule is CC1=CC(=O)C(C(=O)/C=C/c2cccc(OC(F)F)c2)C(=O)O1. The standard InChI is InChI=1S/C16H12F2O5/c1-9-7-13(20)14(15(21)22-9)12(19)6-5-10-3-2-4-11(8-10)23-16(17)18/h2-8,14,16H,1H3/b6-5+. The number of alkyl halides is 2. The minimum Gasteiger partial charge on any atom is -0.435 e. The van der Waals surface area contributed by atoms with Crippen LogP contribution in [0.3, 0.4) is 0 Å². The summed E-state index contributed by atoms with van der Waals surface area (Å²) in [4.78, 5) is 35.3. The van der Waals surface area contributed by atoms with Gasteiger partial charge in [0.15, 0.2) is 17.5 Å². The second-order valence-electron chi connectivity index (χ2n) is 4.70. The molecule has 0 saturated carbocycles. The van der Waals surface area contributed by atoms with Crippen LogP contribution in [-0.4, -0.2) is 24.1 Å². The van der Waals surface area contributed by atoms with Gasteiger partial charge >= 0.3 is 12.6 Å². The minimum atomic E-state index is -2.96. The maximum Gasteiger partial charge on any atom is 0.387 e. The second kappa shape index (κ2) is 6.95. The third kappa shape index (κ3) is 4.32. The van der Waals surface area contributed by atoms with Crippen LogP contribution in [0.2, 0.25) is 0 Å². The Labute approximate surface area is 130 Å². The van der Waals surface area contributed by atoms with Crippen molar-refractivity contribution in [1.29, 1.82) is 0 Å². The van der Waals surface area contributed by atoms with Gasteiger partial charge in [-0.25, -0.2) is 0 Å². The Hall–Kier alpha value is -2.83. The zero-order valence-corrected chi connectivity index (χ0v) is 12.0. The number of ether oxygens (including phenoxy) is 2. The van der Waals surface area contributed by atoms with E-state index in [0.717, 1.165) is 12.2 Å². The fraction of sp³-hybridized carbons (Fsp3) is 0.188. The van der Waals surface area contributed by atoms with E-state index in [2.05, 4.69) is 4.74 Å². The molecule has 7 heteroatoms. The number of carbonyl (C=O) groups is 3. The summed E-state index contributed by atoms with van der Waals surface area (Å²) in [6, 6.07) is 5.64. The van der Waals surface area contributed by atoms with Crippen molar-refractivity contribution in [2.45, 2.75) is 13.5 Å². The van der Waals surface area contributed by atoms with Crippen LogP contribution < -0.4 is 4.74 Å². The lowest BCUT2D eigenvalue weighted by atomic mass is 9.96. The number of carbonyl (C=O) groups excluding carboxylic acids is 3. The third-order valence-corrected chi connectivity index (χ3v) is 2.94. The first kappa shape index (κ1) is 16.5. The first-order valence-electron chi connectivity index (χ1n) is 6.57. The van der Waals surface area contributed by atoms with Gasteiger partial charge in [-0.1, -0.05) is 18.2 Å². The predicted octanol–water partition coefficient (Wildman–Crippen LogP) is 2.52. The second-order valence-corrected chi connectivity index (χ2v) is 4.70. The summed E-state index contributed by atoms with van der Waals surface area (Å²) in [7, 11) is 0. The van der Waals surface area contributed by atoms with Gasteiger partial charge in [0.05, 0.1) is 0 Å². The Bertz CT molecular complexity index is 706. The number of rotatable bonds is 5. The van der Waals surface area contributed by atoms with Crippen molar-refractivity contribution in [3.63, 3.8) is 0 Å². The van der Waals surface area contributed by atoms with Crippen LogP contribution in [0.5, 0.6) is 5.75 Å². The largest absolute Gasteiger partial charge is 0.435 e. The van der Waals surface area contributed by atoms with E-state index in [4.69, 9.17) is 4.74 Å². The van der Waals surface area contributed by atoms with E-state index < -0.39 is 30.1 Å². The highest BCUT2D eigenvalue weighted by Gasteiger charge is 2.36. The molecule has 1 aromatic rings. The molecule has 120 valence electrons. The van der Waals surface area contributed by atoms with Gasteiger partial charge in [0.1, 0.15) is 11.5 Å². The Balaban J connectivity index is 2.12. The molecule has 1 aliphatic rings. The van der Waals surface area contributed by atoms with E-state index in [1.54, 1.807) is 6.07 Å². The Kier molecular flexibility index (Phi) is 5.00. The molecule has 1 unspecified atom stereocenters. The minimum absolute atomic E-state index is 0.0682. The van der Waals surface area contributed by atoms with Gasteiger partial charge < -0.3 is 9.47 Å². The van der Waals surface area contributed by atoms with Gasteiger partial charge in [0.2, 0.25) is 0 Å². The van der Waals surface area contributed by atoms with Crippen molar-refractivity contribution >= 4 is 23.6 Å². The number of hydrogen-bond donors (Lipinski definition) is 0. The van der Waals surface area contributed by atoms with Gasteiger partial charge in [0.25, 0.3) is 0 Å². The summed E-state index contributed by atoms with van der Waals surface area (Å²) in [6.45, 7) is -1.53. The number of allylic oxidation sites excluding steroid dienone is 3. The van der Waals surface area contributed by atoms with Crippen molar-refractivity contribution in [2.75, 3.05) is 0 Å². The summed E-state index contributed by atoms with van der Waals surface area (Å²) >= 11 is 0. The number of ketones is 2. The summed E-state index contributed by atoms with van der Waals surface area (Å²) < 4.78 is 33.3. The molecule has 2 rings (SSSR count). The van der Waals surface area contributed by atoms with Gasteiger partial charge in [-0.2, -0.15) is 8.78 Å². The number of hydrogen-bond acceptors (Lipinski definition) is 5. The molecule has 0 aliphatic carbocycles. The molecule has 0 radical (unpaired) electrons. The van der Waals surface area contributed by atoms with Gasteiger partial charge in [-0.3, -0.25) is 14.4 Å². The van der Waals surface area contributed by atoms with Crippen LogP contribution >= 0.6 is 0 Å². The average Bonchev–Trinajstić information content (AvgIpc) is 2.43. The highest BCUT2D eigenvalue weighted by atomic mass is 19.3. The van der Waals surface area contributed by atoms with Crippen molar-refractivity contribution in [3.8, 4) is 5.75 Å². The van der Waals surface area contributed by atoms with Crippen molar-refractivity contribution in [2.24, 2.45) is 5.92 Å². The number of esters is 1. The maximum atomic E-state index is 12.1. The van der Waals surface area contributed by atoms with Gasteiger partial charge in [-0.15, -0.1) is 0 Å². The molecule has 1 aromatic carbocycles. The molecule has 0 N–H and O–H groups in total. The molecule has 0 spiro atoms. The number of benzene rings is 1. The first-order chi connectivity index (χ1) is 10.9. The predicted molar refractivity (Wildman–Crippen MR) is 75.5 cm³/mol. The highest BCUT2D eigenvalue weighted by Crippen LogP contribution is 2.19. The van der Waals surface area contributed by atoms with E-state index in [1.165, 1.54) is 31.2 Å². The molecule has 1 atom stereocenters. The van der Waals surface area contributed by atoms with Crippen LogP contribution in [0.1, 0.15) is 12.5 Å². The summed E-state index contributed by atoms with van der Waals surface area (Å²) in [5.41, 5.74) is 0.403. The molecule has 1 aliphatic heterocycles. The number of cyclic esters (lactones) is 1. The fourth-order valence-electron chi connectivity index (χ4n) is 1.97. The molecule has 0 saturated heterocycles. The zero-order chi connectivity index (χ0) is 17.0. The zero-order valence-electron chi connectivity index (χ0n) is 12.0. The maximum absolute atomic E-state index is 12.1. The topological polar surface area (TPSA) is 69.7 Å². The summed E-state index contributed by atoms with van der Waals surface area (Å²) in [5.74, 6) is -3.80. The molecule has 23 heavy (non-hydrogen) atoms. The van der Waals surface area contributed by atoms with Crippen LogP contribution in [0.15, 0.2) is 42.2 Å². The smallest absolute Gasteiger partial charge is 0.387 e. The fourth-order valence-corrected chi connectivity index (χ4v) is 1.97. The molecule has 0 fully saturated rings. The monoisotopic (exact) mass is 322 g/mol. The lowest BCUT2D eigenvalue weighted by Crippen LogP contribution is -2.34. The van der Waals surface area contributed by atoms with E-state index in [1.807, 2.05) is 0 Å². The third-order valence-electron chi connectivity index (χ3n) is 2.94. The number of halogens is 2. The van der Waals surface area contributed by atoms with Crippen molar-refractivity contribution < 1.29 is 32.6 Å². The molecule has 5 nitrogen and oxygen atoms in total. The quantitative estimate of drug-likeness (QED) is 0.473. The van der Waals surface area contributed by atoms with Gasteiger partial charge in [0, 0.05) is 6.08 Å². The summed E-state index contributed by atoms with van der Waals surface area (Å²) in [6.07, 6.45) is 3.40. The van der Waals surface area contributed by atoms with E-state index >= 15 is 0 Å². The Morgan fingerprint density at radius 1 is 1.35 bits per heavy atom. The Morgan fingerprint density at radius 2 is 2.09 bits per heavy atom. The summed E-state index contributed by atoms with van der Waals surface area (Å²) in [5, 5.41) is 0. The van der Waals surface area contributed by atoms with E-state index in [-0.39, 0.29) is 11.5 Å². The van der Waals surface area contributed by atoms with Crippen LogP contribution in [-0.2, 0) is 19.1 Å². The highest BCUT2D eigenvalue weighted by molar-refractivity contribution is 6.25. The van der Waals surface area contributed by atoms with Crippen LogP contribution in [0, 0.1) is 5.92 Å². The molecular weight excluding hydrogens is 310 g/mol. The van der Waals surface area contributed by atoms with E-state index in [9.17, 15) is 23.2 Å². The first-order valence-corrected chi connectivity index (χ1v) is 6.57. The Morgan fingerprint density at radius 3 is 2.74 bits per heavy atom. The lowest BCUT2D eigenvalue weighted by Gasteiger charge is -2.15. The molecule has 0 aromatic heterocycles. The molecule has 0 amide bonds. The average molecular weight is 322 g/mol. The molecule has 1 heterocycles. The molecular formula is C16H12F2O5. The molecule has 0 bridgehead atoms. The van der Waals surface area contributed by atoms with Crippen LogP contribution in [0.25, 0.3) is 6.08 Å². The van der Waals surface area contributed by atoms with Crippen molar-refractivity contribution in [3.05, 3.63) is 47.7 Å². The van der Waals surface area contributed by atoms with E-state index in [0.29, 0.717) is 5.56 Å². The van der Waals surface area contributed by atoms with Gasteiger partial charge in [-0.05, 0) is 30.7 Å². The normalized spacial score (nSPS) is 18.1.